The van der Waals surface area contributed by atoms with Crippen molar-refractivity contribution in [2.75, 3.05) is 5.32 Å². The van der Waals surface area contributed by atoms with E-state index in [-0.39, 0.29) is 11.8 Å². The highest BCUT2D eigenvalue weighted by Gasteiger charge is 2.13. The molecule has 3 heteroatoms. The minimum absolute atomic E-state index is 0.0406. The van der Waals surface area contributed by atoms with Gasteiger partial charge in [0.25, 0.3) is 0 Å². The molecule has 3 N–H and O–H groups in total. The standard InChI is InChI=1S/C16H19NO2/c1-11(13-7-4-6-10-16(13)19)17-15-9-5-3-8-14(15)12(2)18/h3-12,17-19H,1-2H3. The number of anilines is 1. The molecule has 2 aromatic rings. The predicted molar refractivity (Wildman–Crippen MR) is 77.2 cm³/mol. The highest BCUT2D eigenvalue weighted by Crippen LogP contribution is 2.29. The Morgan fingerprint density at radius 2 is 1.47 bits per heavy atom. The monoisotopic (exact) mass is 257 g/mol. The van der Waals surface area contributed by atoms with Crippen molar-refractivity contribution < 1.29 is 10.2 Å². The van der Waals surface area contributed by atoms with Gasteiger partial charge in [0.15, 0.2) is 0 Å². The number of phenolic OH excluding ortho intramolecular Hbond substituents is 1. The van der Waals surface area contributed by atoms with Crippen molar-refractivity contribution in [2.24, 2.45) is 0 Å². The molecule has 0 heterocycles. The molecule has 0 spiro atoms. The minimum atomic E-state index is -0.528. The van der Waals surface area contributed by atoms with Crippen LogP contribution in [0.15, 0.2) is 48.5 Å². The van der Waals surface area contributed by atoms with E-state index in [1.807, 2.05) is 43.3 Å². The largest absolute Gasteiger partial charge is 0.508 e. The van der Waals surface area contributed by atoms with Crippen LogP contribution in [-0.2, 0) is 0 Å². The predicted octanol–water partition coefficient (Wildman–Crippen LogP) is 3.62. The van der Waals surface area contributed by atoms with Crippen molar-refractivity contribution in [2.45, 2.75) is 26.0 Å². The molecule has 0 aromatic heterocycles. The Kier molecular flexibility index (Phi) is 4.07. The Balaban J connectivity index is 2.24. The van der Waals surface area contributed by atoms with E-state index in [1.54, 1.807) is 19.1 Å². The second-order valence-electron chi connectivity index (χ2n) is 4.69. The van der Waals surface area contributed by atoms with Crippen LogP contribution in [-0.4, -0.2) is 10.2 Å². The molecule has 2 rings (SSSR count). The molecule has 19 heavy (non-hydrogen) atoms. The highest BCUT2D eigenvalue weighted by atomic mass is 16.3. The van der Waals surface area contributed by atoms with Crippen molar-refractivity contribution in [3.05, 3.63) is 59.7 Å². The molecule has 0 saturated heterocycles. The second kappa shape index (κ2) is 5.76. The van der Waals surface area contributed by atoms with E-state index in [0.29, 0.717) is 0 Å². The summed E-state index contributed by atoms with van der Waals surface area (Å²) in [6, 6.07) is 14.9. The topological polar surface area (TPSA) is 52.5 Å². The summed E-state index contributed by atoms with van der Waals surface area (Å²) in [5.74, 6) is 0.275. The van der Waals surface area contributed by atoms with E-state index in [2.05, 4.69) is 5.32 Å². The number of rotatable bonds is 4. The number of aromatic hydroxyl groups is 1. The first-order valence-corrected chi connectivity index (χ1v) is 6.41. The van der Waals surface area contributed by atoms with Crippen LogP contribution in [0.1, 0.15) is 37.1 Å². The zero-order valence-corrected chi connectivity index (χ0v) is 11.2. The first-order chi connectivity index (χ1) is 9.09. The van der Waals surface area contributed by atoms with Gasteiger partial charge in [-0.15, -0.1) is 0 Å². The average molecular weight is 257 g/mol. The lowest BCUT2D eigenvalue weighted by Gasteiger charge is -2.20. The summed E-state index contributed by atoms with van der Waals surface area (Å²) in [6.07, 6.45) is -0.528. The van der Waals surface area contributed by atoms with Gasteiger partial charge in [-0.25, -0.2) is 0 Å². The van der Waals surface area contributed by atoms with Crippen LogP contribution in [0.3, 0.4) is 0 Å². The van der Waals surface area contributed by atoms with E-state index >= 15 is 0 Å². The van der Waals surface area contributed by atoms with Crippen molar-refractivity contribution in [1.29, 1.82) is 0 Å². The molecule has 3 nitrogen and oxygen atoms in total. The fourth-order valence-corrected chi connectivity index (χ4v) is 2.16. The van der Waals surface area contributed by atoms with Crippen LogP contribution >= 0.6 is 0 Å². The fourth-order valence-electron chi connectivity index (χ4n) is 2.16. The lowest BCUT2D eigenvalue weighted by Crippen LogP contribution is -2.09. The van der Waals surface area contributed by atoms with E-state index in [4.69, 9.17) is 0 Å². The van der Waals surface area contributed by atoms with Crippen molar-refractivity contribution >= 4 is 5.69 Å². The quantitative estimate of drug-likeness (QED) is 0.784. The first-order valence-electron chi connectivity index (χ1n) is 6.41. The third kappa shape index (κ3) is 3.06. The van der Waals surface area contributed by atoms with Crippen molar-refractivity contribution in [1.82, 2.24) is 0 Å². The molecule has 2 aromatic carbocycles. The maximum atomic E-state index is 9.85. The number of aliphatic hydroxyl groups is 1. The smallest absolute Gasteiger partial charge is 0.120 e. The zero-order valence-electron chi connectivity index (χ0n) is 11.2. The molecule has 0 radical (unpaired) electrons. The van der Waals surface area contributed by atoms with Gasteiger partial charge in [-0.2, -0.15) is 0 Å². The van der Waals surface area contributed by atoms with Gasteiger partial charge in [0.2, 0.25) is 0 Å². The van der Waals surface area contributed by atoms with E-state index in [0.717, 1.165) is 16.8 Å². The summed E-state index contributed by atoms with van der Waals surface area (Å²) in [4.78, 5) is 0. The highest BCUT2D eigenvalue weighted by molar-refractivity contribution is 5.54. The van der Waals surface area contributed by atoms with Gasteiger partial charge in [-0.05, 0) is 26.0 Å². The molecule has 100 valence electrons. The van der Waals surface area contributed by atoms with Crippen LogP contribution in [0.5, 0.6) is 5.75 Å². The van der Waals surface area contributed by atoms with Gasteiger partial charge in [0.05, 0.1) is 12.1 Å². The second-order valence-corrected chi connectivity index (χ2v) is 4.69. The third-order valence-electron chi connectivity index (χ3n) is 3.19. The summed E-state index contributed by atoms with van der Waals surface area (Å²) in [6.45, 7) is 3.72. The molecule has 0 bridgehead atoms. The Hall–Kier alpha value is -2.00. The van der Waals surface area contributed by atoms with E-state index in [1.165, 1.54) is 0 Å². The van der Waals surface area contributed by atoms with Crippen molar-refractivity contribution in [3.63, 3.8) is 0 Å². The summed E-state index contributed by atoms with van der Waals surface area (Å²) in [5, 5.41) is 22.9. The number of benzene rings is 2. The maximum Gasteiger partial charge on any atom is 0.120 e. The molecule has 2 unspecified atom stereocenters. The third-order valence-corrected chi connectivity index (χ3v) is 3.19. The van der Waals surface area contributed by atoms with Crippen molar-refractivity contribution in [3.8, 4) is 5.75 Å². The molecule has 0 amide bonds. The molecular formula is C16H19NO2. The summed E-state index contributed by atoms with van der Waals surface area (Å²) in [7, 11) is 0. The van der Waals surface area contributed by atoms with E-state index < -0.39 is 6.10 Å². The van der Waals surface area contributed by atoms with Crippen LogP contribution in [0.4, 0.5) is 5.69 Å². The number of hydrogen-bond donors (Lipinski definition) is 3. The summed E-state index contributed by atoms with van der Waals surface area (Å²) >= 11 is 0. The SMILES string of the molecule is CC(O)c1ccccc1NC(C)c1ccccc1O. The average Bonchev–Trinajstić information content (AvgIpc) is 2.39. The molecule has 0 aliphatic carbocycles. The molecule has 0 aliphatic rings. The number of nitrogens with one attached hydrogen (secondary N) is 1. The maximum absolute atomic E-state index is 9.85. The molecule has 2 atom stereocenters. The molecular weight excluding hydrogens is 238 g/mol. The Bertz CT molecular complexity index is 552. The number of phenols is 1. The lowest BCUT2D eigenvalue weighted by molar-refractivity contribution is 0.200. The van der Waals surface area contributed by atoms with Crippen LogP contribution in [0, 0.1) is 0 Å². The Labute approximate surface area is 113 Å². The zero-order chi connectivity index (χ0) is 13.8. The van der Waals surface area contributed by atoms with Crippen LogP contribution in [0.25, 0.3) is 0 Å². The van der Waals surface area contributed by atoms with Gasteiger partial charge < -0.3 is 15.5 Å². The number of hydrogen-bond acceptors (Lipinski definition) is 3. The normalized spacial score (nSPS) is 13.8. The Morgan fingerprint density at radius 1 is 0.895 bits per heavy atom. The van der Waals surface area contributed by atoms with Crippen LogP contribution in [0.2, 0.25) is 0 Å². The summed E-state index contributed by atoms with van der Waals surface area (Å²) < 4.78 is 0. The molecule has 0 fully saturated rings. The van der Waals surface area contributed by atoms with Crippen LogP contribution < -0.4 is 5.32 Å². The summed E-state index contributed by atoms with van der Waals surface area (Å²) in [5.41, 5.74) is 2.57. The van der Waals surface area contributed by atoms with Gasteiger partial charge in [0, 0.05) is 16.8 Å². The van der Waals surface area contributed by atoms with Gasteiger partial charge in [0.1, 0.15) is 5.75 Å². The number of para-hydroxylation sites is 2. The van der Waals surface area contributed by atoms with Gasteiger partial charge in [-0.1, -0.05) is 36.4 Å². The lowest BCUT2D eigenvalue weighted by atomic mass is 10.0. The first kappa shape index (κ1) is 13.4. The molecule has 0 aliphatic heterocycles. The van der Waals surface area contributed by atoms with Gasteiger partial charge >= 0.3 is 0 Å². The Morgan fingerprint density at radius 3 is 2.11 bits per heavy atom. The van der Waals surface area contributed by atoms with Gasteiger partial charge in [-0.3, -0.25) is 0 Å². The van der Waals surface area contributed by atoms with E-state index in [9.17, 15) is 10.2 Å². The fraction of sp³-hybridized carbons (Fsp3) is 0.250. The molecule has 0 saturated carbocycles. The number of aliphatic hydroxyl groups excluding tert-OH is 1. The minimum Gasteiger partial charge on any atom is -0.508 e.